The van der Waals surface area contributed by atoms with Crippen molar-refractivity contribution in [2.45, 2.75) is 13.5 Å². The lowest BCUT2D eigenvalue weighted by Crippen LogP contribution is -2.23. The Kier molecular flexibility index (Phi) is 5.22. The van der Waals surface area contributed by atoms with E-state index >= 15 is 0 Å². The first-order chi connectivity index (χ1) is 10.5. The summed E-state index contributed by atoms with van der Waals surface area (Å²) in [6.07, 6.45) is 0. The van der Waals surface area contributed by atoms with Crippen molar-refractivity contribution in [3.05, 3.63) is 58.4 Å². The zero-order chi connectivity index (χ0) is 16.1. The smallest absolute Gasteiger partial charge is 0.251 e. The Morgan fingerprint density at radius 1 is 1.36 bits per heavy atom. The quantitative estimate of drug-likeness (QED) is 0.885. The van der Waals surface area contributed by atoms with E-state index in [0.29, 0.717) is 12.2 Å². The number of carbonyl (C=O) groups is 1. The molecule has 0 radical (unpaired) electrons. The van der Waals surface area contributed by atoms with Gasteiger partial charge < -0.3 is 15.2 Å². The van der Waals surface area contributed by atoms with Crippen molar-refractivity contribution >= 4 is 17.5 Å². The van der Waals surface area contributed by atoms with Crippen molar-refractivity contribution in [1.29, 1.82) is 0 Å². The van der Waals surface area contributed by atoms with Crippen LogP contribution in [0.5, 0.6) is 11.5 Å². The molecule has 22 heavy (non-hydrogen) atoms. The maximum atomic E-state index is 13.5. The molecule has 116 valence electrons. The largest absolute Gasteiger partial charge is 0.503 e. The molecule has 0 aliphatic rings. The van der Waals surface area contributed by atoms with Crippen LogP contribution in [0.1, 0.15) is 22.8 Å². The number of aromatic hydroxyl groups is 1. The van der Waals surface area contributed by atoms with Gasteiger partial charge in [0, 0.05) is 17.7 Å². The number of phenolic OH excluding ortho intramolecular Hbond substituents is 1. The van der Waals surface area contributed by atoms with Crippen LogP contribution in [0.25, 0.3) is 0 Å². The molecule has 0 atom stereocenters. The van der Waals surface area contributed by atoms with Gasteiger partial charge in [0.1, 0.15) is 5.82 Å². The molecule has 0 spiro atoms. The maximum absolute atomic E-state index is 13.5. The fourth-order valence-electron chi connectivity index (χ4n) is 1.89. The number of amides is 1. The molecular formula is C16H15ClFNO3. The Labute approximate surface area is 132 Å². The van der Waals surface area contributed by atoms with Crippen LogP contribution >= 0.6 is 11.6 Å². The summed E-state index contributed by atoms with van der Waals surface area (Å²) >= 11 is 5.87. The minimum Gasteiger partial charge on any atom is -0.503 e. The van der Waals surface area contributed by atoms with E-state index in [1.165, 1.54) is 18.2 Å². The molecule has 0 heterocycles. The van der Waals surface area contributed by atoms with Gasteiger partial charge in [0.05, 0.1) is 11.6 Å². The molecule has 2 N–H and O–H groups in total. The van der Waals surface area contributed by atoms with Crippen LogP contribution in [-0.2, 0) is 6.54 Å². The van der Waals surface area contributed by atoms with Gasteiger partial charge in [-0.1, -0.05) is 29.8 Å². The van der Waals surface area contributed by atoms with Crippen molar-refractivity contribution in [1.82, 2.24) is 5.32 Å². The Hall–Kier alpha value is -2.27. The van der Waals surface area contributed by atoms with Gasteiger partial charge in [-0.05, 0) is 25.1 Å². The highest BCUT2D eigenvalue weighted by molar-refractivity contribution is 6.32. The van der Waals surface area contributed by atoms with Crippen LogP contribution in [0.2, 0.25) is 5.02 Å². The van der Waals surface area contributed by atoms with Gasteiger partial charge in [0.15, 0.2) is 11.5 Å². The zero-order valence-corrected chi connectivity index (χ0v) is 12.7. The van der Waals surface area contributed by atoms with E-state index in [9.17, 15) is 14.3 Å². The van der Waals surface area contributed by atoms with Crippen LogP contribution in [0.15, 0.2) is 36.4 Å². The number of benzene rings is 2. The number of ether oxygens (including phenoxy) is 1. The molecule has 1 amide bonds. The van der Waals surface area contributed by atoms with Crippen molar-refractivity contribution in [2.75, 3.05) is 6.61 Å². The minimum absolute atomic E-state index is 0.0157. The summed E-state index contributed by atoms with van der Waals surface area (Å²) in [5.41, 5.74) is 0.605. The van der Waals surface area contributed by atoms with E-state index < -0.39 is 5.91 Å². The molecule has 2 aromatic carbocycles. The average Bonchev–Trinajstić information content (AvgIpc) is 2.50. The van der Waals surface area contributed by atoms with E-state index in [1.54, 1.807) is 25.1 Å². The molecule has 0 fully saturated rings. The highest BCUT2D eigenvalue weighted by Crippen LogP contribution is 2.35. The fraction of sp³-hybridized carbons (Fsp3) is 0.188. The zero-order valence-electron chi connectivity index (χ0n) is 11.9. The van der Waals surface area contributed by atoms with E-state index in [0.717, 1.165) is 0 Å². The van der Waals surface area contributed by atoms with Gasteiger partial charge in [-0.2, -0.15) is 0 Å². The van der Waals surface area contributed by atoms with Crippen LogP contribution in [0.3, 0.4) is 0 Å². The molecule has 0 saturated heterocycles. The maximum Gasteiger partial charge on any atom is 0.251 e. The third-order valence-electron chi connectivity index (χ3n) is 2.99. The SMILES string of the molecule is CCOc1cc(C(=O)NCc2ccccc2F)cc(Cl)c1O. The number of phenols is 1. The molecular weight excluding hydrogens is 309 g/mol. The first kappa shape index (κ1) is 16.1. The van der Waals surface area contributed by atoms with Crippen LogP contribution < -0.4 is 10.1 Å². The number of nitrogens with one attached hydrogen (secondary N) is 1. The van der Waals surface area contributed by atoms with Crippen molar-refractivity contribution < 1.29 is 19.0 Å². The lowest BCUT2D eigenvalue weighted by atomic mass is 10.1. The Bertz CT molecular complexity index is 691. The van der Waals surface area contributed by atoms with Crippen molar-refractivity contribution in [3.63, 3.8) is 0 Å². The fourth-order valence-corrected chi connectivity index (χ4v) is 2.10. The molecule has 0 bridgehead atoms. The second kappa shape index (κ2) is 7.13. The summed E-state index contributed by atoms with van der Waals surface area (Å²) in [5, 5.41) is 12.4. The molecule has 0 aliphatic heterocycles. The first-order valence-electron chi connectivity index (χ1n) is 6.69. The molecule has 0 unspecified atom stereocenters. The van der Waals surface area contributed by atoms with E-state index in [1.807, 2.05) is 0 Å². The topological polar surface area (TPSA) is 58.6 Å². The van der Waals surface area contributed by atoms with E-state index in [-0.39, 0.29) is 34.4 Å². The lowest BCUT2D eigenvalue weighted by Gasteiger charge is -2.11. The second-order valence-corrected chi connectivity index (χ2v) is 4.92. The molecule has 4 nitrogen and oxygen atoms in total. The number of hydrogen-bond donors (Lipinski definition) is 2. The summed E-state index contributed by atoms with van der Waals surface area (Å²) in [4.78, 5) is 12.1. The third-order valence-corrected chi connectivity index (χ3v) is 3.28. The summed E-state index contributed by atoms with van der Waals surface area (Å²) in [6.45, 7) is 2.12. The average molecular weight is 324 g/mol. The van der Waals surface area contributed by atoms with Crippen molar-refractivity contribution in [3.8, 4) is 11.5 Å². The molecule has 0 aromatic heterocycles. The van der Waals surface area contributed by atoms with Crippen LogP contribution in [-0.4, -0.2) is 17.6 Å². The highest BCUT2D eigenvalue weighted by atomic mass is 35.5. The van der Waals surface area contributed by atoms with Crippen LogP contribution in [0, 0.1) is 5.82 Å². The van der Waals surface area contributed by atoms with Gasteiger partial charge in [0.2, 0.25) is 0 Å². The van der Waals surface area contributed by atoms with E-state index in [4.69, 9.17) is 16.3 Å². The van der Waals surface area contributed by atoms with Gasteiger partial charge in [-0.15, -0.1) is 0 Å². The highest BCUT2D eigenvalue weighted by Gasteiger charge is 2.14. The molecule has 2 aromatic rings. The first-order valence-corrected chi connectivity index (χ1v) is 7.07. The summed E-state index contributed by atoms with van der Waals surface area (Å²) in [7, 11) is 0. The van der Waals surface area contributed by atoms with Gasteiger partial charge in [-0.3, -0.25) is 4.79 Å². The summed E-state index contributed by atoms with van der Waals surface area (Å²) in [5.74, 6) is -0.909. The van der Waals surface area contributed by atoms with E-state index in [2.05, 4.69) is 5.32 Å². The van der Waals surface area contributed by atoms with Gasteiger partial charge >= 0.3 is 0 Å². The molecule has 2 rings (SSSR count). The lowest BCUT2D eigenvalue weighted by molar-refractivity contribution is 0.0950. The number of carbonyl (C=O) groups excluding carboxylic acids is 1. The molecule has 0 saturated carbocycles. The minimum atomic E-state index is -0.439. The third kappa shape index (κ3) is 3.68. The predicted molar refractivity (Wildman–Crippen MR) is 81.9 cm³/mol. The molecule has 0 aliphatic carbocycles. The second-order valence-electron chi connectivity index (χ2n) is 4.51. The number of rotatable bonds is 5. The van der Waals surface area contributed by atoms with Crippen molar-refractivity contribution in [2.24, 2.45) is 0 Å². The monoisotopic (exact) mass is 323 g/mol. The standard InChI is InChI=1S/C16H15ClFNO3/c1-2-22-14-8-11(7-12(17)15(14)20)16(21)19-9-10-5-3-4-6-13(10)18/h3-8,20H,2,9H2,1H3,(H,19,21). The molecule has 6 heteroatoms. The van der Waals surface area contributed by atoms with Crippen LogP contribution in [0.4, 0.5) is 4.39 Å². The number of halogens is 2. The summed E-state index contributed by atoms with van der Waals surface area (Å²) in [6, 6.07) is 8.90. The Balaban J connectivity index is 2.14. The Morgan fingerprint density at radius 2 is 2.09 bits per heavy atom. The number of hydrogen-bond acceptors (Lipinski definition) is 3. The van der Waals surface area contributed by atoms with Gasteiger partial charge in [0.25, 0.3) is 5.91 Å². The van der Waals surface area contributed by atoms with Gasteiger partial charge in [-0.25, -0.2) is 4.39 Å². The Morgan fingerprint density at radius 3 is 2.77 bits per heavy atom. The summed E-state index contributed by atoms with van der Waals surface area (Å²) < 4.78 is 18.7. The predicted octanol–water partition coefficient (Wildman–Crippen LogP) is 3.51. The normalized spacial score (nSPS) is 10.3.